The van der Waals surface area contributed by atoms with E-state index >= 15 is 0 Å². The number of nitrogens with one attached hydrogen (secondary N) is 1. The lowest BCUT2D eigenvalue weighted by Crippen LogP contribution is -2.51. The Labute approximate surface area is 225 Å². The SMILES string of the molecule is CC(C)(NC(=O)C(C)(CCN1CCC(N2CCCC2=O)CC1)c1ccc(Cl)c(Cl)c1)c1ccccc1. The monoisotopic (exact) mass is 529 g/mol. The minimum atomic E-state index is -0.790. The molecule has 2 aromatic rings. The normalized spacial score (nSPS) is 19.4. The Morgan fingerprint density at radius 1 is 0.972 bits per heavy atom. The first-order valence-corrected chi connectivity index (χ1v) is 13.7. The van der Waals surface area contributed by atoms with Crippen LogP contribution in [-0.4, -0.2) is 53.8 Å². The molecule has 0 aromatic heterocycles. The van der Waals surface area contributed by atoms with Crippen molar-refractivity contribution in [1.29, 1.82) is 0 Å². The van der Waals surface area contributed by atoms with E-state index in [1.165, 1.54) is 0 Å². The molecule has 194 valence electrons. The number of amides is 2. The average molecular weight is 531 g/mol. The van der Waals surface area contributed by atoms with Crippen LogP contribution in [0.25, 0.3) is 0 Å². The lowest BCUT2D eigenvalue weighted by atomic mass is 9.77. The number of hydrogen-bond acceptors (Lipinski definition) is 3. The second-order valence-corrected chi connectivity index (χ2v) is 11.7. The van der Waals surface area contributed by atoms with Crippen LogP contribution in [-0.2, 0) is 20.5 Å². The highest BCUT2D eigenvalue weighted by atomic mass is 35.5. The molecular formula is C29H37Cl2N3O2. The fraction of sp³-hybridized carbons (Fsp3) is 0.517. The van der Waals surface area contributed by atoms with Gasteiger partial charge in [0.25, 0.3) is 0 Å². The van der Waals surface area contributed by atoms with Crippen LogP contribution in [0.5, 0.6) is 0 Å². The summed E-state index contributed by atoms with van der Waals surface area (Å²) in [7, 11) is 0. The summed E-state index contributed by atoms with van der Waals surface area (Å²) in [5.41, 5.74) is 0.586. The molecule has 36 heavy (non-hydrogen) atoms. The molecule has 4 rings (SSSR count). The van der Waals surface area contributed by atoms with Gasteiger partial charge in [0, 0.05) is 32.1 Å². The maximum Gasteiger partial charge on any atom is 0.231 e. The number of carbonyl (C=O) groups excluding carboxylic acids is 2. The molecule has 2 aliphatic rings. The number of carbonyl (C=O) groups is 2. The van der Waals surface area contributed by atoms with E-state index in [2.05, 4.69) is 15.1 Å². The summed E-state index contributed by atoms with van der Waals surface area (Å²) >= 11 is 12.6. The maximum atomic E-state index is 13.9. The molecule has 0 saturated carbocycles. The van der Waals surface area contributed by atoms with Gasteiger partial charge in [-0.3, -0.25) is 9.59 Å². The zero-order valence-corrected chi connectivity index (χ0v) is 23.0. The minimum absolute atomic E-state index is 0.0349. The first-order chi connectivity index (χ1) is 17.1. The van der Waals surface area contributed by atoms with Gasteiger partial charge < -0.3 is 15.1 Å². The molecule has 0 aliphatic carbocycles. The van der Waals surface area contributed by atoms with Crippen molar-refractivity contribution in [1.82, 2.24) is 15.1 Å². The Morgan fingerprint density at radius 2 is 1.67 bits per heavy atom. The molecule has 0 bridgehead atoms. The first kappa shape index (κ1) is 27.0. The first-order valence-electron chi connectivity index (χ1n) is 13.0. The maximum absolute atomic E-state index is 13.9. The Morgan fingerprint density at radius 3 is 2.28 bits per heavy atom. The Balaban J connectivity index is 1.48. The van der Waals surface area contributed by atoms with Crippen LogP contribution >= 0.6 is 23.2 Å². The van der Waals surface area contributed by atoms with E-state index in [0.717, 1.165) is 56.6 Å². The van der Waals surface area contributed by atoms with E-state index in [4.69, 9.17) is 23.2 Å². The van der Waals surface area contributed by atoms with E-state index in [0.29, 0.717) is 34.8 Å². The zero-order chi connectivity index (χ0) is 25.9. The van der Waals surface area contributed by atoms with E-state index in [9.17, 15) is 9.59 Å². The predicted molar refractivity (Wildman–Crippen MR) is 146 cm³/mol. The number of hydrogen-bond donors (Lipinski definition) is 1. The fourth-order valence-corrected chi connectivity index (χ4v) is 5.77. The third kappa shape index (κ3) is 5.90. The number of nitrogens with zero attached hydrogens (tertiary/aromatic N) is 2. The van der Waals surface area contributed by atoms with Gasteiger partial charge in [-0.05, 0) is 76.3 Å². The lowest BCUT2D eigenvalue weighted by Gasteiger charge is -2.39. The van der Waals surface area contributed by atoms with E-state index < -0.39 is 11.0 Å². The smallest absolute Gasteiger partial charge is 0.231 e. The van der Waals surface area contributed by atoms with Gasteiger partial charge in [0.15, 0.2) is 0 Å². The van der Waals surface area contributed by atoms with Crippen LogP contribution < -0.4 is 5.32 Å². The lowest BCUT2D eigenvalue weighted by molar-refractivity contribution is -0.131. The zero-order valence-electron chi connectivity index (χ0n) is 21.5. The summed E-state index contributed by atoms with van der Waals surface area (Å²) in [5, 5.41) is 4.23. The molecule has 2 fully saturated rings. The highest BCUT2D eigenvalue weighted by molar-refractivity contribution is 6.42. The van der Waals surface area contributed by atoms with Crippen LogP contribution in [0.3, 0.4) is 0 Å². The van der Waals surface area contributed by atoms with Crippen molar-refractivity contribution in [2.75, 3.05) is 26.2 Å². The van der Waals surface area contributed by atoms with Crippen molar-refractivity contribution in [2.45, 2.75) is 69.9 Å². The van der Waals surface area contributed by atoms with Crippen molar-refractivity contribution in [3.05, 3.63) is 69.7 Å². The summed E-state index contributed by atoms with van der Waals surface area (Å²) in [5.74, 6) is 0.269. The molecule has 0 spiro atoms. The third-order valence-electron chi connectivity index (χ3n) is 8.02. The van der Waals surface area contributed by atoms with Gasteiger partial charge in [-0.1, -0.05) is 59.6 Å². The quantitative estimate of drug-likeness (QED) is 0.471. The van der Waals surface area contributed by atoms with Crippen molar-refractivity contribution >= 4 is 35.0 Å². The van der Waals surface area contributed by atoms with Gasteiger partial charge in [0.1, 0.15) is 0 Å². The molecule has 1 atom stereocenters. The summed E-state index contributed by atoms with van der Waals surface area (Å²) in [6.45, 7) is 9.61. The van der Waals surface area contributed by atoms with Crippen molar-refractivity contribution in [2.24, 2.45) is 0 Å². The largest absolute Gasteiger partial charge is 0.346 e. The summed E-state index contributed by atoms with van der Waals surface area (Å²) in [6.07, 6.45) is 4.30. The average Bonchev–Trinajstić information content (AvgIpc) is 3.30. The van der Waals surface area contributed by atoms with E-state index in [1.54, 1.807) is 6.07 Å². The predicted octanol–water partition coefficient (Wildman–Crippen LogP) is 5.78. The van der Waals surface area contributed by atoms with E-state index in [-0.39, 0.29) is 5.91 Å². The summed E-state index contributed by atoms with van der Waals surface area (Å²) in [4.78, 5) is 30.6. The fourth-order valence-electron chi connectivity index (χ4n) is 5.47. The van der Waals surface area contributed by atoms with Crippen molar-refractivity contribution in [3.63, 3.8) is 0 Å². The van der Waals surface area contributed by atoms with Crippen LogP contribution in [0.1, 0.15) is 64.0 Å². The molecule has 5 nitrogen and oxygen atoms in total. The van der Waals surface area contributed by atoms with Crippen molar-refractivity contribution in [3.8, 4) is 0 Å². The number of rotatable bonds is 8. The molecule has 2 amide bonds. The van der Waals surface area contributed by atoms with Crippen LogP contribution in [0.4, 0.5) is 0 Å². The van der Waals surface area contributed by atoms with Gasteiger partial charge in [-0.25, -0.2) is 0 Å². The van der Waals surface area contributed by atoms with Gasteiger partial charge in [0.2, 0.25) is 11.8 Å². The van der Waals surface area contributed by atoms with Crippen LogP contribution in [0.15, 0.2) is 48.5 Å². The minimum Gasteiger partial charge on any atom is -0.346 e. The van der Waals surface area contributed by atoms with Gasteiger partial charge >= 0.3 is 0 Å². The van der Waals surface area contributed by atoms with Crippen LogP contribution in [0, 0.1) is 0 Å². The molecule has 7 heteroatoms. The standard InChI is InChI=1S/C29H37Cl2N3O2/c1-28(2,21-8-5-4-6-9-21)32-27(36)29(3,22-11-12-24(30)25(31)20-22)15-19-33-17-13-23(14-18-33)34-16-7-10-26(34)35/h4-6,8-9,11-12,20,23H,7,10,13-19H2,1-3H3,(H,32,36). The number of likely N-dealkylation sites (tertiary alicyclic amines) is 2. The Hall–Kier alpha value is -2.08. The second-order valence-electron chi connectivity index (χ2n) is 10.9. The number of benzene rings is 2. The Kier molecular flexibility index (Phi) is 8.33. The molecular weight excluding hydrogens is 493 g/mol. The number of halogens is 2. The third-order valence-corrected chi connectivity index (χ3v) is 8.75. The summed E-state index contributed by atoms with van der Waals surface area (Å²) in [6, 6.07) is 15.9. The van der Waals surface area contributed by atoms with Gasteiger partial charge in [0.05, 0.1) is 21.0 Å². The highest BCUT2D eigenvalue weighted by Crippen LogP contribution is 2.35. The molecule has 2 aliphatic heterocycles. The van der Waals surface area contributed by atoms with Gasteiger partial charge in [-0.2, -0.15) is 0 Å². The summed E-state index contributed by atoms with van der Waals surface area (Å²) < 4.78 is 0. The molecule has 1 N–H and O–H groups in total. The molecule has 2 saturated heterocycles. The Bertz CT molecular complexity index is 1080. The highest BCUT2D eigenvalue weighted by Gasteiger charge is 2.39. The van der Waals surface area contributed by atoms with Gasteiger partial charge in [-0.15, -0.1) is 0 Å². The second kappa shape index (κ2) is 11.1. The molecule has 0 radical (unpaired) electrons. The molecule has 1 unspecified atom stereocenters. The molecule has 2 aromatic carbocycles. The van der Waals surface area contributed by atoms with E-state index in [1.807, 2.05) is 63.2 Å². The topological polar surface area (TPSA) is 52.7 Å². The van der Waals surface area contributed by atoms with Crippen molar-refractivity contribution < 1.29 is 9.59 Å². The van der Waals surface area contributed by atoms with Crippen LogP contribution in [0.2, 0.25) is 10.0 Å². The molecule has 2 heterocycles. The number of piperidine rings is 1.